The lowest BCUT2D eigenvalue weighted by Gasteiger charge is -2.13. The molecule has 0 spiro atoms. The lowest BCUT2D eigenvalue weighted by molar-refractivity contribution is -0.0589. The van der Waals surface area contributed by atoms with Gasteiger partial charge >= 0.3 is 5.97 Å². The molecule has 0 aliphatic carbocycles. The number of carbonyl (C=O) groups is 1. The van der Waals surface area contributed by atoms with Gasteiger partial charge in [0.1, 0.15) is 24.6 Å². The Morgan fingerprint density at radius 1 is 1.56 bits per heavy atom. The molecule has 4 unspecified atom stereocenters. The van der Waals surface area contributed by atoms with Gasteiger partial charge in [-0.3, -0.25) is 0 Å². The fourth-order valence-corrected chi connectivity index (χ4v) is 1.68. The molecule has 0 amide bonds. The van der Waals surface area contributed by atoms with E-state index in [0.717, 1.165) is 4.68 Å². The van der Waals surface area contributed by atoms with Crippen LogP contribution in [0.2, 0.25) is 0 Å². The minimum absolute atomic E-state index is 0.185. The van der Waals surface area contributed by atoms with Crippen molar-refractivity contribution in [2.45, 2.75) is 24.5 Å². The minimum Gasteiger partial charge on any atom is -0.463 e. The van der Waals surface area contributed by atoms with Gasteiger partial charge in [-0.05, 0) is 0 Å². The zero-order valence-corrected chi connectivity index (χ0v) is 9.50. The molecule has 1 aliphatic rings. The van der Waals surface area contributed by atoms with Crippen molar-refractivity contribution in [2.24, 2.45) is 0 Å². The van der Waals surface area contributed by atoms with E-state index in [0.29, 0.717) is 0 Å². The van der Waals surface area contributed by atoms with E-state index in [1.165, 1.54) is 13.4 Å². The van der Waals surface area contributed by atoms with Crippen LogP contribution in [0.1, 0.15) is 16.8 Å². The summed E-state index contributed by atoms with van der Waals surface area (Å²) in [6.07, 6.45) is -3.24. The van der Waals surface area contributed by atoms with Crippen LogP contribution in [0.5, 0.6) is 0 Å². The maximum absolute atomic E-state index is 11.2. The molecule has 9 heteroatoms. The monoisotopic (exact) mass is 259 g/mol. The number of rotatable bonds is 3. The SMILES string of the molecule is COC(=O)c1ncn(C2OC(CO)C(O)C2O)n1. The van der Waals surface area contributed by atoms with Crippen LogP contribution in [-0.2, 0) is 9.47 Å². The van der Waals surface area contributed by atoms with Gasteiger partial charge in [-0.15, -0.1) is 5.10 Å². The molecule has 2 rings (SSSR count). The zero-order valence-electron chi connectivity index (χ0n) is 9.50. The number of esters is 1. The Bertz CT molecular complexity index is 436. The number of aromatic nitrogens is 3. The van der Waals surface area contributed by atoms with Crippen LogP contribution in [0.25, 0.3) is 0 Å². The molecule has 3 N–H and O–H groups in total. The number of carbonyl (C=O) groups excluding carboxylic acids is 1. The van der Waals surface area contributed by atoms with Crippen molar-refractivity contribution in [1.29, 1.82) is 0 Å². The van der Waals surface area contributed by atoms with Crippen molar-refractivity contribution in [3.63, 3.8) is 0 Å². The molecule has 100 valence electrons. The molecule has 1 fully saturated rings. The Morgan fingerprint density at radius 3 is 2.83 bits per heavy atom. The first-order chi connectivity index (χ1) is 8.58. The third-order valence-electron chi connectivity index (χ3n) is 2.65. The average Bonchev–Trinajstić information content (AvgIpc) is 2.96. The molecule has 9 nitrogen and oxygen atoms in total. The molecule has 0 saturated carbocycles. The number of aliphatic hydroxyl groups is 3. The highest BCUT2D eigenvalue weighted by Crippen LogP contribution is 2.28. The summed E-state index contributed by atoms with van der Waals surface area (Å²) in [7, 11) is 1.19. The van der Waals surface area contributed by atoms with Crippen LogP contribution in [0.4, 0.5) is 0 Å². The predicted molar refractivity (Wildman–Crippen MR) is 54.4 cm³/mol. The molecule has 2 heterocycles. The van der Waals surface area contributed by atoms with E-state index < -0.39 is 37.1 Å². The summed E-state index contributed by atoms with van der Waals surface area (Å²) in [5, 5.41) is 32.0. The summed E-state index contributed by atoms with van der Waals surface area (Å²) in [5.41, 5.74) is 0. The van der Waals surface area contributed by atoms with E-state index in [-0.39, 0.29) is 5.82 Å². The zero-order chi connectivity index (χ0) is 13.3. The normalized spacial score (nSPS) is 31.6. The predicted octanol–water partition coefficient (Wildman–Crippen LogP) is -2.32. The van der Waals surface area contributed by atoms with Gasteiger partial charge in [-0.25, -0.2) is 14.5 Å². The fraction of sp³-hybridized carbons (Fsp3) is 0.667. The van der Waals surface area contributed by atoms with E-state index in [1.54, 1.807) is 0 Å². The van der Waals surface area contributed by atoms with E-state index in [9.17, 15) is 15.0 Å². The number of aliphatic hydroxyl groups excluding tert-OH is 3. The highest BCUT2D eigenvalue weighted by Gasteiger charge is 2.44. The second kappa shape index (κ2) is 4.98. The first-order valence-electron chi connectivity index (χ1n) is 5.20. The molecular weight excluding hydrogens is 246 g/mol. The van der Waals surface area contributed by atoms with Crippen LogP contribution < -0.4 is 0 Å². The van der Waals surface area contributed by atoms with Crippen molar-refractivity contribution in [1.82, 2.24) is 14.8 Å². The van der Waals surface area contributed by atoms with Crippen molar-refractivity contribution in [2.75, 3.05) is 13.7 Å². The van der Waals surface area contributed by atoms with Gasteiger partial charge in [0, 0.05) is 0 Å². The second-order valence-electron chi connectivity index (χ2n) is 3.77. The quantitative estimate of drug-likeness (QED) is 0.516. The summed E-state index contributed by atoms with van der Waals surface area (Å²) < 4.78 is 10.7. The Hall–Kier alpha value is -1.55. The van der Waals surface area contributed by atoms with Crippen LogP contribution in [-0.4, -0.2) is 68.1 Å². The molecular formula is C9H13N3O6. The lowest BCUT2D eigenvalue weighted by atomic mass is 10.1. The summed E-state index contributed by atoms with van der Waals surface area (Å²) in [4.78, 5) is 14.8. The maximum atomic E-state index is 11.2. The molecule has 0 bridgehead atoms. The molecule has 1 aromatic heterocycles. The molecule has 1 aromatic rings. The van der Waals surface area contributed by atoms with Gasteiger partial charge in [-0.1, -0.05) is 0 Å². The third kappa shape index (κ3) is 2.08. The van der Waals surface area contributed by atoms with E-state index >= 15 is 0 Å². The molecule has 18 heavy (non-hydrogen) atoms. The molecule has 0 aromatic carbocycles. The van der Waals surface area contributed by atoms with Gasteiger partial charge in [-0.2, -0.15) is 0 Å². The van der Waals surface area contributed by atoms with E-state index in [4.69, 9.17) is 9.84 Å². The molecule has 1 aliphatic heterocycles. The number of nitrogens with zero attached hydrogens (tertiary/aromatic N) is 3. The van der Waals surface area contributed by atoms with Gasteiger partial charge in [0.25, 0.3) is 5.82 Å². The van der Waals surface area contributed by atoms with Crippen molar-refractivity contribution >= 4 is 5.97 Å². The minimum atomic E-state index is -1.27. The smallest absolute Gasteiger partial charge is 0.377 e. The van der Waals surface area contributed by atoms with Crippen molar-refractivity contribution in [3.05, 3.63) is 12.2 Å². The highest BCUT2D eigenvalue weighted by molar-refractivity contribution is 5.84. The largest absolute Gasteiger partial charge is 0.463 e. The van der Waals surface area contributed by atoms with Crippen LogP contribution >= 0.6 is 0 Å². The number of methoxy groups -OCH3 is 1. The van der Waals surface area contributed by atoms with Gasteiger partial charge in [0.05, 0.1) is 13.7 Å². The maximum Gasteiger partial charge on any atom is 0.377 e. The van der Waals surface area contributed by atoms with Crippen molar-refractivity contribution < 1.29 is 29.6 Å². The summed E-state index contributed by atoms with van der Waals surface area (Å²) in [6.45, 7) is -0.437. The Labute approximate surface area is 102 Å². The summed E-state index contributed by atoms with van der Waals surface area (Å²) in [5.74, 6) is -0.907. The van der Waals surface area contributed by atoms with Crippen LogP contribution in [0.3, 0.4) is 0 Å². The second-order valence-corrected chi connectivity index (χ2v) is 3.77. The summed E-state index contributed by atoms with van der Waals surface area (Å²) in [6, 6.07) is 0. The fourth-order valence-electron chi connectivity index (χ4n) is 1.68. The number of hydrogen-bond donors (Lipinski definition) is 3. The highest BCUT2D eigenvalue weighted by atomic mass is 16.6. The summed E-state index contributed by atoms with van der Waals surface area (Å²) >= 11 is 0. The first-order valence-corrected chi connectivity index (χ1v) is 5.20. The van der Waals surface area contributed by atoms with Crippen LogP contribution in [0, 0.1) is 0 Å². The molecule has 0 radical (unpaired) electrons. The molecule has 4 atom stereocenters. The van der Waals surface area contributed by atoms with Gasteiger partial charge < -0.3 is 24.8 Å². The Kier molecular flexibility index (Phi) is 3.57. The Balaban J connectivity index is 2.17. The molecule has 1 saturated heterocycles. The van der Waals surface area contributed by atoms with E-state index in [1.807, 2.05) is 0 Å². The standard InChI is InChI=1S/C9H13N3O6/c1-17-9(16)7-10-3-12(11-7)8-6(15)5(14)4(2-13)18-8/h3-6,8,13-15H,2H2,1H3. The topological polar surface area (TPSA) is 127 Å². The number of hydrogen-bond acceptors (Lipinski definition) is 8. The number of ether oxygens (including phenoxy) is 2. The average molecular weight is 259 g/mol. The van der Waals surface area contributed by atoms with E-state index in [2.05, 4.69) is 14.8 Å². The van der Waals surface area contributed by atoms with Crippen molar-refractivity contribution in [3.8, 4) is 0 Å². The lowest BCUT2D eigenvalue weighted by Crippen LogP contribution is -2.33. The Morgan fingerprint density at radius 2 is 2.28 bits per heavy atom. The first kappa shape index (κ1) is 12.9. The van der Waals surface area contributed by atoms with Gasteiger partial charge in [0.15, 0.2) is 6.23 Å². The van der Waals surface area contributed by atoms with Gasteiger partial charge in [0.2, 0.25) is 0 Å². The van der Waals surface area contributed by atoms with Crippen LogP contribution in [0.15, 0.2) is 6.33 Å². The third-order valence-corrected chi connectivity index (χ3v) is 2.65.